The van der Waals surface area contributed by atoms with E-state index in [1.807, 2.05) is 49.4 Å². The molecule has 2 aromatic carbocycles. The summed E-state index contributed by atoms with van der Waals surface area (Å²) >= 11 is 0. The van der Waals surface area contributed by atoms with Gasteiger partial charge in [-0.05, 0) is 56.2 Å². The fourth-order valence-corrected chi connectivity index (χ4v) is 2.74. The third-order valence-electron chi connectivity index (χ3n) is 4.00. The Labute approximate surface area is 147 Å². The van der Waals surface area contributed by atoms with E-state index in [9.17, 15) is 4.79 Å². The molecule has 0 aromatic heterocycles. The lowest BCUT2D eigenvalue weighted by molar-refractivity contribution is 0.0673. The zero-order chi connectivity index (χ0) is 17.5. The van der Waals surface area contributed by atoms with Crippen LogP contribution >= 0.6 is 0 Å². The number of carbonyl (C=O) groups is 1. The van der Waals surface area contributed by atoms with Crippen LogP contribution in [0.15, 0.2) is 48.5 Å². The van der Waals surface area contributed by atoms with Crippen molar-refractivity contribution in [1.82, 2.24) is 0 Å². The standard InChI is InChI=1S/C20H23NO4/c1-2-23-16-11-9-15(10-12-16)21-20(22)18-7-3-4-8-19(18)25-14-17-6-5-13-24-17/h3-4,7-12,17H,2,5-6,13-14H2,1H3,(H,21,22)/t17-/m0/s1. The van der Waals surface area contributed by atoms with Crippen LogP contribution in [-0.2, 0) is 4.74 Å². The average Bonchev–Trinajstić information content (AvgIpc) is 3.16. The van der Waals surface area contributed by atoms with Crippen molar-refractivity contribution in [2.45, 2.75) is 25.9 Å². The molecule has 1 aliphatic heterocycles. The van der Waals surface area contributed by atoms with Crippen LogP contribution < -0.4 is 14.8 Å². The molecule has 2 aromatic rings. The van der Waals surface area contributed by atoms with E-state index in [4.69, 9.17) is 14.2 Å². The molecule has 1 atom stereocenters. The van der Waals surface area contributed by atoms with Gasteiger partial charge in [-0.25, -0.2) is 0 Å². The van der Waals surface area contributed by atoms with Crippen LogP contribution in [-0.4, -0.2) is 31.8 Å². The second-order valence-corrected chi connectivity index (χ2v) is 5.85. The van der Waals surface area contributed by atoms with Crippen molar-refractivity contribution in [1.29, 1.82) is 0 Å². The fraction of sp³-hybridized carbons (Fsp3) is 0.350. The summed E-state index contributed by atoms with van der Waals surface area (Å²) < 4.78 is 16.8. The summed E-state index contributed by atoms with van der Waals surface area (Å²) in [7, 11) is 0. The minimum Gasteiger partial charge on any atom is -0.494 e. The number of carbonyl (C=O) groups excluding carboxylic acids is 1. The first-order valence-corrected chi connectivity index (χ1v) is 8.64. The Bertz CT molecular complexity index is 693. The summed E-state index contributed by atoms with van der Waals surface area (Å²) in [5.41, 5.74) is 1.22. The molecule has 25 heavy (non-hydrogen) atoms. The molecule has 0 unspecified atom stereocenters. The van der Waals surface area contributed by atoms with E-state index in [2.05, 4.69) is 5.32 Å². The molecule has 0 spiro atoms. The topological polar surface area (TPSA) is 56.8 Å². The first kappa shape index (κ1) is 17.3. The zero-order valence-corrected chi connectivity index (χ0v) is 14.4. The second-order valence-electron chi connectivity index (χ2n) is 5.85. The first-order chi connectivity index (χ1) is 12.3. The van der Waals surface area contributed by atoms with E-state index in [0.29, 0.717) is 30.2 Å². The van der Waals surface area contributed by atoms with Gasteiger partial charge in [-0.15, -0.1) is 0 Å². The van der Waals surface area contributed by atoms with Crippen molar-refractivity contribution < 1.29 is 19.0 Å². The highest BCUT2D eigenvalue weighted by Crippen LogP contribution is 2.22. The van der Waals surface area contributed by atoms with E-state index in [1.54, 1.807) is 6.07 Å². The maximum absolute atomic E-state index is 12.6. The Morgan fingerprint density at radius 3 is 2.68 bits per heavy atom. The highest BCUT2D eigenvalue weighted by atomic mass is 16.5. The molecule has 132 valence electrons. The van der Waals surface area contributed by atoms with E-state index in [0.717, 1.165) is 25.2 Å². The SMILES string of the molecule is CCOc1ccc(NC(=O)c2ccccc2OC[C@@H]2CCCO2)cc1. The molecule has 0 saturated carbocycles. The number of benzene rings is 2. The molecule has 1 heterocycles. The number of anilines is 1. The van der Waals surface area contributed by atoms with E-state index >= 15 is 0 Å². The number of rotatable bonds is 7. The van der Waals surface area contributed by atoms with Gasteiger partial charge in [0.25, 0.3) is 5.91 Å². The van der Waals surface area contributed by atoms with Crippen LogP contribution in [0, 0.1) is 0 Å². The molecule has 5 nitrogen and oxygen atoms in total. The van der Waals surface area contributed by atoms with Crippen LogP contribution in [0.3, 0.4) is 0 Å². The molecular weight excluding hydrogens is 318 g/mol. The van der Waals surface area contributed by atoms with Gasteiger partial charge in [0.1, 0.15) is 18.1 Å². The molecular formula is C20H23NO4. The summed E-state index contributed by atoms with van der Waals surface area (Å²) in [6, 6.07) is 14.6. The Balaban J connectivity index is 1.64. The Hall–Kier alpha value is -2.53. The van der Waals surface area contributed by atoms with Crippen LogP contribution in [0.2, 0.25) is 0 Å². The summed E-state index contributed by atoms with van der Waals surface area (Å²) in [5, 5.41) is 2.89. The molecule has 1 fully saturated rings. The molecule has 1 N–H and O–H groups in total. The summed E-state index contributed by atoms with van der Waals surface area (Å²) in [4.78, 5) is 12.6. The smallest absolute Gasteiger partial charge is 0.259 e. The molecule has 3 rings (SSSR count). The summed E-state index contributed by atoms with van der Waals surface area (Å²) in [6.45, 7) is 3.80. The Morgan fingerprint density at radius 2 is 1.96 bits per heavy atom. The maximum atomic E-state index is 12.6. The number of hydrogen-bond acceptors (Lipinski definition) is 4. The van der Waals surface area contributed by atoms with Crippen molar-refractivity contribution in [3.63, 3.8) is 0 Å². The van der Waals surface area contributed by atoms with E-state index in [-0.39, 0.29) is 12.0 Å². The third-order valence-corrected chi connectivity index (χ3v) is 4.00. The number of para-hydroxylation sites is 1. The van der Waals surface area contributed by atoms with Gasteiger partial charge in [-0.1, -0.05) is 12.1 Å². The number of hydrogen-bond donors (Lipinski definition) is 1. The fourth-order valence-electron chi connectivity index (χ4n) is 2.74. The summed E-state index contributed by atoms with van der Waals surface area (Å²) in [6.07, 6.45) is 2.18. The highest BCUT2D eigenvalue weighted by Gasteiger charge is 2.18. The highest BCUT2D eigenvalue weighted by molar-refractivity contribution is 6.06. The van der Waals surface area contributed by atoms with Gasteiger partial charge in [0.15, 0.2) is 0 Å². The monoisotopic (exact) mass is 341 g/mol. The molecule has 5 heteroatoms. The molecule has 0 bridgehead atoms. The molecule has 0 aliphatic carbocycles. The van der Waals surface area contributed by atoms with Crippen molar-refractivity contribution in [2.75, 3.05) is 25.1 Å². The molecule has 1 aliphatic rings. The Kier molecular flexibility index (Phi) is 5.90. The van der Waals surface area contributed by atoms with Crippen molar-refractivity contribution in [3.8, 4) is 11.5 Å². The van der Waals surface area contributed by atoms with Crippen LogP contribution in [0.4, 0.5) is 5.69 Å². The maximum Gasteiger partial charge on any atom is 0.259 e. The molecule has 1 saturated heterocycles. The predicted molar refractivity (Wildman–Crippen MR) is 96.5 cm³/mol. The lowest BCUT2D eigenvalue weighted by Crippen LogP contribution is -2.19. The van der Waals surface area contributed by atoms with Gasteiger partial charge < -0.3 is 19.5 Å². The lowest BCUT2D eigenvalue weighted by Gasteiger charge is -2.14. The van der Waals surface area contributed by atoms with Gasteiger partial charge in [0.2, 0.25) is 0 Å². The quantitative estimate of drug-likeness (QED) is 0.830. The van der Waals surface area contributed by atoms with Gasteiger partial charge in [-0.3, -0.25) is 4.79 Å². The van der Waals surface area contributed by atoms with Crippen LogP contribution in [0.5, 0.6) is 11.5 Å². The summed E-state index contributed by atoms with van der Waals surface area (Å²) in [5.74, 6) is 1.15. The predicted octanol–water partition coefficient (Wildman–Crippen LogP) is 3.90. The number of ether oxygens (including phenoxy) is 3. The average molecular weight is 341 g/mol. The molecule has 0 radical (unpaired) electrons. The van der Waals surface area contributed by atoms with E-state index in [1.165, 1.54) is 0 Å². The lowest BCUT2D eigenvalue weighted by atomic mass is 10.1. The van der Waals surface area contributed by atoms with Crippen molar-refractivity contribution in [3.05, 3.63) is 54.1 Å². The minimum atomic E-state index is -0.202. The zero-order valence-electron chi connectivity index (χ0n) is 14.4. The number of nitrogens with one attached hydrogen (secondary N) is 1. The van der Waals surface area contributed by atoms with Gasteiger partial charge >= 0.3 is 0 Å². The van der Waals surface area contributed by atoms with Crippen molar-refractivity contribution in [2.24, 2.45) is 0 Å². The van der Waals surface area contributed by atoms with Crippen LogP contribution in [0.1, 0.15) is 30.1 Å². The Morgan fingerprint density at radius 1 is 1.16 bits per heavy atom. The largest absolute Gasteiger partial charge is 0.494 e. The van der Waals surface area contributed by atoms with Gasteiger partial charge in [0.05, 0.1) is 18.3 Å². The number of amides is 1. The normalized spacial score (nSPS) is 16.4. The third kappa shape index (κ3) is 4.73. The second kappa shape index (κ2) is 8.53. The van der Waals surface area contributed by atoms with E-state index < -0.39 is 0 Å². The first-order valence-electron chi connectivity index (χ1n) is 8.64. The minimum absolute atomic E-state index is 0.113. The van der Waals surface area contributed by atoms with Gasteiger partial charge in [-0.2, -0.15) is 0 Å². The molecule has 1 amide bonds. The van der Waals surface area contributed by atoms with Crippen molar-refractivity contribution >= 4 is 11.6 Å². The van der Waals surface area contributed by atoms with Gasteiger partial charge in [0, 0.05) is 12.3 Å². The van der Waals surface area contributed by atoms with Crippen LogP contribution in [0.25, 0.3) is 0 Å².